The normalized spacial score (nSPS) is 11.2. The molecule has 6 nitrogen and oxygen atoms in total. The number of aryl methyl sites for hydroxylation is 3. The van der Waals surface area contributed by atoms with Crippen LogP contribution < -0.4 is 5.32 Å². The molecule has 0 saturated carbocycles. The number of nitrogens with one attached hydrogen (secondary N) is 1. The van der Waals surface area contributed by atoms with Gasteiger partial charge in [-0.3, -0.25) is 9.48 Å². The zero-order valence-corrected chi connectivity index (χ0v) is 15.6. The Bertz CT molecular complexity index is 1090. The van der Waals surface area contributed by atoms with Crippen LogP contribution >= 0.6 is 11.3 Å². The Morgan fingerprint density at radius 3 is 2.65 bits per heavy atom. The molecule has 7 heteroatoms. The van der Waals surface area contributed by atoms with Crippen LogP contribution in [-0.2, 0) is 6.54 Å². The summed E-state index contributed by atoms with van der Waals surface area (Å²) in [4.78, 5) is 14.1. The lowest BCUT2D eigenvalue weighted by atomic mass is 10.1. The van der Waals surface area contributed by atoms with Gasteiger partial charge in [-0.1, -0.05) is 35.0 Å². The summed E-state index contributed by atoms with van der Waals surface area (Å²) in [5, 5.41) is 12.2. The number of carbonyl (C=O) groups excluding carboxylic acids is 1. The highest BCUT2D eigenvalue weighted by atomic mass is 32.1. The number of hydrogen-bond donors (Lipinski definition) is 1. The SMILES string of the molecule is Cc1ccc(Cn2nc(C)c3cc(C(=O)Nc4cc(C)on4)sc32)cc1. The Hall–Kier alpha value is -2.93. The Morgan fingerprint density at radius 2 is 1.96 bits per heavy atom. The van der Waals surface area contributed by atoms with Crippen LogP contribution in [0.3, 0.4) is 0 Å². The molecule has 3 aromatic heterocycles. The fourth-order valence-corrected chi connectivity index (χ4v) is 3.86. The van der Waals surface area contributed by atoms with Crippen molar-refractivity contribution in [3.8, 4) is 0 Å². The average Bonchev–Trinajstić information content (AvgIpc) is 3.28. The molecule has 4 aromatic rings. The lowest BCUT2D eigenvalue weighted by Crippen LogP contribution is -2.10. The van der Waals surface area contributed by atoms with Gasteiger partial charge in [0.25, 0.3) is 5.91 Å². The number of benzene rings is 1. The van der Waals surface area contributed by atoms with E-state index in [1.54, 1.807) is 13.0 Å². The van der Waals surface area contributed by atoms with Gasteiger partial charge in [0, 0.05) is 11.5 Å². The topological polar surface area (TPSA) is 73.0 Å². The van der Waals surface area contributed by atoms with E-state index in [-0.39, 0.29) is 5.91 Å². The second kappa shape index (κ2) is 6.42. The quantitative estimate of drug-likeness (QED) is 0.584. The molecule has 0 aliphatic carbocycles. The predicted molar refractivity (Wildman–Crippen MR) is 102 cm³/mol. The second-order valence-electron chi connectivity index (χ2n) is 6.34. The second-order valence-corrected chi connectivity index (χ2v) is 7.37. The van der Waals surface area contributed by atoms with Crippen molar-refractivity contribution in [3.05, 3.63) is 63.9 Å². The minimum Gasteiger partial charge on any atom is -0.360 e. The van der Waals surface area contributed by atoms with E-state index < -0.39 is 0 Å². The molecule has 0 bridgehead atoms. The molecular weight excluding hydrogens is 348 g/mol. The molecule has 0 aliphatic heterocycles. The van der Waals surface area contributed by atoms with Gasteiger partial charge in [0.05, 0.1) is 17.1 Å². The third-order valence-corrected chi connectivity index (χ3v) is 5.30. The van der Waals surface area contributed by atoms with Crippen LogP contribution in [-0.4, -0.2) is 20.8 Å². The highest BCUT2D eigenvalue weighted by Crippen LogP contribution is 2.29. The van der Waals surface area contributed by atoms with E-state index in [1.807, 2.05) is 17.7 Å². The molecule has 26 heavy (non-hydrogen) atoms. The zero-order valence-electron chi connectivity index (χ0n) is 14.7. The Balaban J connectivity index is 1.62. The largest absolute Gasteiger partial charge is 0.360 e. The van der Waals surface area contributed by atoms with Crippen molar-refractivity contribution in [3.63, 3.8) is 0 Å². The monoisotopic (exact) mass is 366 g/mol. The van der Waals surface area contributed by atoms with Crippen LogP contribution in [0.25, 0.3) is 10.2 Å². The van der Waals surface area contributed by atoms with Crippen molar-refractivity contribution in [2.75, 3.05) is 5.32 Å². The van der Waals surface area contributed by atoms with Crippen LogP contribution in [0.5, 0.6) is 0 Å². The third kappa shape index (κ3) is 3.13. The van der Waals surface area contributed by atoms with Crippen molar-refractivity contribution in [2.45, 2.75) is 27.3 Å². The molecule has 0 fully saturated rings. The van der Waals surface area contributed by atoms with Gasteiger partial charge in [-0.05, 0) is 32.4 Å². The van der Waals surface area contributed by atoms with Crippen LogP contribution in [0.2, 0.25) is 0 Å². The molecule has 3 heterocycles. The van der Waals surface area contributed by atoms with Gasteiger partial charge in [-0.25, -0.2) is 0 Å². The molecule has 1 amide bonds. The molecule has 0 spiro atoms. The maximum Gasteiger partial charge on any atom is 0.267 e. The summed E-state index contributed by atoms with van der Waals surface area (Å²) < 4.78 is 6.94. The number of nitrogens with zero attached hydrogens (tertiary/aromatic N) is 3. The fourth-order valence-electron chi connectivity index (χ4n) is 2.80. The molecule has 1 N–H and O–H groups in total. The standard InChI is InChI=1S/C19H18N4O2S/c1-11-4-6-14(7-5-11)10-23-19-15(13(3)21-23)9-16(26-19)18(24)20-17-8-12(2)25-22-17/h4-9H,10H2,1-3H3,(H,20,22,24). The number of aromatic nitrogens is 3. The summed E-state index contributed by atoms with van der Waals surface area (Å²) in [5.41, 5.74) is 3.32. The molecule has 0 saturated heterocycles. The maximum absolute atomic E-state index is 12.5. The van der Waals surface area contributed by atoms with Gasteiger partial charge in [-0.15, -0.1) is 11.3 Å². The predicted octanol–water partition coefficient (Wildman–Crippen LogP) is 4.31. The van der Waals surface area contributed by atoms with Crippen LogP contribution in [0.1, 0.15) is 32.3 Å². The molecule has 4 rings (SSSR count). The van der Waals surface area contributed by atoms with E-state index in [0.29, 0.717) is 23.0 Å². The van der Waals surface area contributed by atoms with Crippen molar-refractivity contribution in [1.82, 2.24) is 14.9 Å². The van der Waals surface area contributed by atoms with E-state index >= 15 is 0 Å². The number of rotatable bonds is 4. The number of thiophene rings is 1. The van der Waals surface area contributed by atoms with Crippen LogP contribution in [0.4, 0.5) is 5.82 Å². The summed E-state index contributed by atoms with van der Waals surface area (Å²) in [6, 6.07) is 12.0. The van der Waals surface area contributed by atoms with E-state index in [9.17, 15) is 4.79 Å². The summed E-state index contributed by atoms with van der Waals surface area (Å²) in [6.07, 6.45) is 0. The maximum atomic E-state index is 12.5. The van der Waals surface area contributed by atoms with Crippen LogP contribution in [0.15, 0.2) is 40.9 Å². The first-order chi connectivity index (χ1) is 12.5. The van der Waals surface area contributed by atoms with E-state index in [1.165, 1.54) is 22.5 Å². The van der Waals surface area contributed by atoms with Crippen molar-refractivity contribution in [2.24, 2.45) is 0 Å². The van der Waals surface area contributed by atoms with Gasteiger partial charge >= 0.3 is 0 Å². The van der Waals surface area contributed by atoms with Crippen molar-refractivity contribution in [1.29, 1.82) is 0 Å². The number of carbonyl (C=O) groups is 1. The number of fused-ring (bicyclic) bond motifs is 1. The molecule has 1 aromatic carbocycles. The fraction of sp³-hybridized carbons (Fsp3) is 0.211. The summed E-state index contributed by atoms with van der Waals surface area (Å²) in [5.74, 6) is 0.880. The Kier molecular flexibility index (Phi) is 4.08. The Labute approximate surface area is 154 Å². The molecule has 0 aliphatic rings. The van der Waals surface area contributed by atoms with Crippen molar-refractivity contribution >= 4 is 33.3 Å². The number of anilines is 1. The van der Waals surface area contributed by atoms with Gasteiger partial charge in [-0.2, -0.15) is 5.10 Å². The lowest BCUT2D eigenvalue weighted by molar-refractivity contribution is 0.102. The number of amides is 1. The molecule has 132 valence electrons. The minimum absolute atomic E-state index is 0.194. The summed E-state index contributed by atoms with van der Waals surface area (Å²) >= 11 is 1.43. The summed E-state index contributed by atoms with van der Waals surface area (Å²) in [7, 11) is 0. The first kappa shape index (κ1) is 16.5. The lowest BCUT2D eigenvalue weighted by Gasteiger charge is -2.03. The van der Waals surface area contributed by atoms with E-state index in [4.69, 9.17) is 4.52 Å². The third-order valence-electron chi connectivity index (χ3n) is 4.15. The molecular formula is C19H18N4O2S. The highest BCUT2D eigenvalue weighted by Gasteiger charge is 2.17. The van der Waals surface area contributed by atoms with Gasteiger partial charge < -0.3 is 9.84 Å². The average molecular weight is 366 g/mol. The van der Waals surface area contributed by atoms with E-state index in [2.05, 4.69) is 46.8 Å². The molecule has 0 radical (unpaired) electrons. The van der Waals surface area contributed by atoms with E-state index in [0.717, 1.165) is 15.9 Å². The van der Waals surface area contributed by atoms with Crippen molar-refractivity contribution < 1.29 is 9.32 Å². The first-order valence-corrected chi connectivity index (χ1v) is 9.08. The first-order valence-electron chi connectivity index (χ1n) is 8.27. The highest BCUT2D eigenvalue weighted by molar-refractivity contribution is 7.20. The van der Waals surface area contributed by atoms with Gasteiger partial charge in [0.2, 0.25) is 0 Å². The molecule has 0 atom stereocenters. The smallest absolute Gasteiger partial charge is 0.267 e. The Morgan fingerprint density at radius 1 is 1.19 bits per heavy atom. The molecule has 0 unspecified atom stereocenters. The minimum atomic E-state index is -0.194. The van der Waals surface area contributed by atoms with Crippen LogP contribution in [0, 0.1) is 20.8 Å². The van der Waals surface area contributed by atoms with Gasteiger partial charge in [0.15, 0.2) is 5.82 Å². The summed E-state index contributed by atoms with van der Waals surface area (Å²) in [6.45, 7) is 6.49. The number of hydrogen-bond acceptors (Lipinski definition) is 5. The van der Waals surface area contributed by atoms with Gasteiger partial charge in [0.1, 0.15) is 10.6 Å². The zero-order chi connectivity index (χ0) is 18.3.